The number of likely N-dealkylation sites (tertiary alicyclic amines) is 1. The minimum atomic E-state index is -0.0668. The Morgan fingerprint density at radius 2 is 2.21 bits per heavy atom. The normalized spacial score (nSPS) is 15.8. The summed E-state index contributed by atoms with van der Waals surface area (Å²) in [6.45, 7) is 3.15. The summed E-state index contributed by atoms with van der Waals surface area (Å²) in [5.41, 5.74) is 2.37. The Kier molecular flexibility index (Phi) is 3.89. The lowest BCUT2D eigenvalue weighted by atomic mass is 10.0. The number of nitrogens with zero attached hydrogens (tertiary/aromatic N) is 5. The average molecular weight is 343 g/mol. The van der Waals surface area contributed by atoms with Crippen LogP contribution < -0.4 is 0 Å². The van der Waals surface area contributed by atoms with E-state index in [-0.39, 0.29) is 11.9 Å². The van der Waals surface area contributed by atoms with Crippen LogP contribution in [-0.4, -0.2) is 44.0 Å². The predicted octanol–water partition coefficient (Wildman–Crippen LogP) is 2.78. The molecule has 8 heteroatoms. The van der Waals surface area contributed by atoms with Gasteiger partial charge in [0.1, 0.15) is 11.5 Å². The maximum absolute atomic E-state index is 12.4. The van der Waals surface area contributed by atoms with Crippen molar-refractivity contribution in [2.75, 3.05) is 13.1 Å². The summed E-state index contributed by atoms with van der Waals surface area (Å²) < 4.78 is 6.91. The van der Waals surface area contributed by atoms with E-state index < -0.39 is 0 Å². The van der Waals surface area contributed by atoms with Crippen molar-refractivity contribution in [1.82, 2.24) is 25.1 Å². The van der Waals surface area contributed by atoms with Gasteiger partial charge in [0.25, 0.3) is 5.91 Å². The highest BCUT2D eigenvalue weighted by Crippen LogP contribution is 2.25. The fourth-order valence-electron chi connectivity index (χ4n) is 2.96. The molecular formula is C16H17N5O2S. The quantitative estimate of drug-likeness (QED) is 0.731. The van der Waals surface area contributed by atoms with Gasteiger partial charge >= 0.3 is 0 Å². The fourth-order valence-corrected chi connectivity index (χ4v) is 3.61. The lowest BCUT2D eigenvalue weighted by Crippen LogP contribution is -2.39. The Balaban J connectivity index is 1.40. The molecule has 4 rings (SSSR count). The maximum atomic E-state index is 12.4. The maximum Gasteiger partial charge on any atom is 0.276 e. The van der Waals surface area contributed by atoms with Crippen molar-refractivity contribution in [2.45, 2.75) is 25.8 Å². The monoisotopic (exact) mass is 343 g/mol. The first-order valence-corrected chi connectivity index (χ1v) is 8.82. The zero-order valence-corrected chi connectivity index (χ0v) is 14.1. The van der Waals surface area contributed by atoms with Crippen LogP contribution in [0.15, 0.2) is 33.6 Å². The van der Waals surface area contributed by atoms with Gasteiger partial charge < -0.3 is 9.42 Å². The molecule has 3 aromatic rings. The molecule has 0 N–H and O–H groups in total. The molecule has 0 aliphatic carbocycles. The molecule has 4 heterocycles. The van der Waals surface area contributed by atoms with Gasteiger partial charge in [0, 0.05) is 30.1 Å². The minimum absolute atomic E-state index is 0.0668. The number of aromatic nitrogens is 4. The summed E-state index contributed by atoms with van der Waals surface area (Å²) in [5.74, 6) is 0.583. The molecule has 1 aliphatic rings. The largest absolute Gasteiger partial charge is 0.361 e. The summed E-state index contributed by atoms with van der Waals surface area (Å²) in [7, 11) is 0. The van der Waals surface area contributed by atoms with E-state index >= 15 is 0 Å². The Hall–Kier alpha value is -2.48. The molecule has 1 amide bonds. The molecule has 7 nitrogen and oxygen atoms in total. The number of aryl methyl sites for hydroxylation is 1. The summed E-state index contributed by atoms with van der Waals surface area (Å²) in [6, 6.07) is 3.99. The number of hydrogen-bond acceptors (Lipinski definition) is 6. The van der Waals surface area contributed by atoms with E-state index in [0.29, 0.717) is 24.5 Å². The summed E-state index contributed by atoms with van der Waals surface area (Å²) in [6.07, 6.45) is 3.70. The molecule has 3 aromatic heterocycles. The van der Waals surface area contributed by atoms with Crippen molar-refractivity contribution in [3.8, 4) is 11.3 Å². The molecule has 0 spiro atoms. The SMILES string of the molecule is Cc1cc(C(=O)N2CCC(n3cc(-c4ccsc4)nn3)CC2)no1. The second kappa shape index (κ2) is 6.20. The van der Waals surface area contributed by atoms with Crippen molar-refractivity contribution in [3.05, 3.63) is 40.5 Å². The van der Waals surface area contributed by atoms with Crippen molar-refractivity contribution in [1.29, 1.82) is 0 Å². The van der Waals surface area contributed by atoms with Gasteiger partial charge in [0.2, 0.25) is 0 Å². The van der Waals surface area contributed by atoms with Crippen LogP contribution >= 0.6 is 11.3 Å². The molecule has 124 valence electrons. The first kappa shape index (κ1) is 15.1. The van der Waals surface area contributed by atoms with Gasteiger partial charge in [-0.05, 0) is 31.2 Å². The Morgan fingerprint density at radius 3 is 2.88 bits per heavy atom. The van der Waals surface area contributed by atoms with Gasteiger partial charge in [-0.3, -0.25) is 4.79 Å². The summed E-state index contributed by atoms with van der Waals surface area (Å²) in [5, 5.41) is 16.4. The van der Waals surface area contributed by atoms with Gasteiger partial charge in [-0.2, -0.15) is 11.3 Å². The predicted molar refractivity (Wildman–Crippen MR) is 88.7 cm³/mol. The van der Waals surface area contributed by atoms with Crippen molar-refractivity contribution in [2.24, 2.45) is 0 Å². The number of piperidine rings is 1. The van der Waals surface area contributed by atoms with Crippen LogP contribution in [0.25, 0.3) is 11.3 Å². The van der Waals surface area contributed by atoms with Gasteiger partial charge in [-0.25, -0.2) is 4.68 Å². The standard InChI is InChI=1S/C16H17N5O2S/c1-11-8-14(18-23-11)16(22)20-5-2-13(3-6-20)21-9-15(17-19-21)12-4-7-24-10-12/h4,7-10,13H,2-3,5-6H2,1H3. The van der Waals surface area contributed by atoms with Crippen LogP contribution in [0.1, 0.15) is 35.1 Å². The van der Waals surface area contributed by atoms with E-state index in [0.717, 1.165) is 24.1 Å². The molecule has 0 bridgehead atoms. The zero-order chi connectivity index (χ0) is 16.5. The third-order valence-corrected chi connectivity index (χ3v) is 4.98. The Bertz CT molecular complexity index is 830. The highest BCUT2D eigenvalue weighted by molar-refractivity contribution is 7.08. The third-order valence-electron chi connectivity index (χ3n) is 4.30. The van der Waals surface area contributed by atoms with Crippen LogP contribution in [0, 0.1) is 6.92 Å². The molecule has 24 heavy (non-hydrogen) atoms. The second-order valence-corrected chi connectivity index (χ2v) is 6.72. The van der Waals surface area contributed by atoms with Crippen molar-refractivity contribution in [3.63, 3.8) is 0 Å². The topological polar surface area (TPSA) is 77.1 Å². The van der Waals surface area contributed by atoms with E-state index in [1.54, 1.807) is 24.3 Å². The van der Waals surface area contributed by atoms with E-state index in [2.05, 4.69) is 20.8 Å². The molecule has 0 aromatic carbocycles. The van der Waals surface area contributed by atoms with Gasteiger partial charge in [-0.1, -0.05) is 10.4 Å². The second-order valence-electron chi connectivity index (χ2n) is 5.94. The van der Waals surface area contributed by atoms with Crippen molar-refractivity contribution >= 4 is 17.2 Å². The average Bonchev–Trinajstić information content (AvgIpc) is 3.35. The number of carbonyl (C=O) groups is 1. The smallest absolute Gasteiger partial charge is 0.276 e. The first-order valence-electron chi connectivity index (χ1n) is 7.88. The van der Waals surface area contributed by atoms with Crippen LogP contribution in [0.3, 0.4) is 0 Å². The molecule has 1 fully saturated rings. The van der Waals surface area contributed by atoms with E-state index in [1.807, 2.05) is 27.2 Å². The number of thiophene rings is 1. The number of rotatable bonds is 3. The highest BCUT2D eigenvalue weighted by atomic mass is 32.1. The van der Waals surface area contributed by atoms with E-state index in [4.69, 9.17) is 4.52 Å². The zero-order valence-electron chi connectivity index (χ0n) is 13.3. The molecule has 1 aliphatic heterocycles. The lowest BCUT2D eigenvalue weighted by Gasteiger charge is -2.31. The molecule has 1 saturated heterocycles. The highest BCUT2D eigenvalue weighted by Gasteiger charge is 2.27. The number of amides is 1. The summed E-state index contributed by atoms with van der Waals surface area (Å²) in [4.78, 5) is 14.2. The fraction of sp³-hybridized carbons (Fsp3) is 0.375. The molecule has 0 atom stereocenters. The third kappa shape index (κ3) is 2.84. The molecule has 0 radical (unpaired) electrons. The van der Waals surface area contributed by atoms with Crippen LogP contribution in [0.2, 0.25) is 0 Å². The van der Waals surface area contributed by atoms with E-state index in [9.17, 15) is 4.79 Å². The lowest BCUT2D eigenvalue weighted by molar-refractivity contribution is 0.0679. The van der Waals surface area contributed by atoms with Gasteiger partial charge in [0.15, 0.2) is 5.69 Å². The van der Waals surface area contributed by atoms with Gasteiger partial charge in [-0.15, -0.1) is 5.10 Å². The van der Waals surface area contributed by atoms with Crippen molar-refractivity contribution < 1.29 is 9.32 Å². The number of carbonyl (C=O) groups excluding carboxylic acids is 1. The number of hydrogen-bond donors (Lipinski definition) is 0. The van der Waals surface area contributed by atoms with Crippen LogP contribution in [0.4, 0.5) is 0 Å². The Morgan fingerprint density at radius 1 is 1.38 bits per heavy atom. The van der Waals surface area contributed by atoms with Crippen LogP contribution in [-0.2, 0) is 0 Å². The molecule has 0 unspecified atom stereocenters. The molecular weight excluding hydrogens is 326 g/mol. The minimum Gasteiger partial charge on any atom is -0.361 e. The first-order chi connectivity index (χ1) is 11.7. The summed E-state index contributed by atoms with van der Waals surface area (Å²) >= 11 is 1.65. The van der Waals surface area contributed by atoms with E-state index in [1.165, 1.54) is 0 Å². The molecule has 0 saturated carbocycles. The van der Waals surface area contributed by atoms with Gasteiger partial charge in [0.05, 0.1) is 12.2 Å². The Labute approximate surface area is 142 Å². The van der Waals surface area contributed by atoms with Crippen LogP contribution in [0.5, 0.6) is 0 Å².